The van der Waals surface area contributed by atoms with E-state index in [0.717, 1.165) is 0 Å². The Labute approximate surface area is 118 Å². The van der Waals surface area contributed by atoms with Crippen LogP contribution in [0.4, 0.5) is 0 Å². The van der Waals surface area contributed by atoms with Gasteiger partial charge in [-0.15, -0.1) is 0 Å². The number of carboxylic acids is 1. The second kappa shape index (κ2) is 5.63. The molecule has 2 atom stereocenters. The van der Waals surface area contributed by atoms with E-state index in [9.17, 15) is 14.7 Å². The van der Waals surface area contributed by atoms with Crippen LogP contribution in [0.2, 0.25) is 0 Å². The van der Waals surface area contributed by atoms with Gasteiger partial charge in [0.05, 0.1) is 0 Å². The van der Waals surface area contributed by atoms with Gasteiger partial charge in [-0.05, 0) is 26.3 Å². The Morgan fingerprint density at radius 2 is 1.70 bits per heavy atom. The first-order valence-corrected chi connectivity index (χ1v) is 6.39. The van der Waals surface area contributed by atoms with Gasteiger partial charge < -0.3 is 15.6 Å². The molecule has 0 aliphatic carbocycles. The SMILES string of the molecule is C[C@H](c1ccccc1)[C@](N)(C(=O)O)C(=O)OC(C)(C)C. The molecule has 0 aliphatic rings. The van der Waals surface area contributed by atoms with Gasteiger partial charge in [0.25, 0.3) is 0 Å². The highest BCUT2D eigenvalue weighted by Gasteiger charge is 2.50. The van der Waals surface area contributed by atoms with E-state index in [0.29, 0.717) is 5.56 Å². The van der Waals surface area contributed by atoms with Gasteiger partial charge in [0.2, 0.25) is 5.54 Å². The number of nitrogens with two attached hydrogens (primary N) is 1. The first-order chi connectivity index (χ1) is 9.09. The summed E-state index contributed by atoms with van der Waals surface area (Å²) in [6.07, 6.45) is 0. The predicted octanol–water partition coefficient (Wildman–Crippen LogP) is 1.91. The maximum Gasteiger partial charge on any atom is 0.339 e. The molecule has 0 fully saturated rings. The lowest BCUT2D eigenvalue weighted by Crippen LogP contribution is -2.60. The molecule has 0 bridgehead atoms. The van der Waals surface area contributed by atoms with Crippen molar-refractivity contribution in [3.8, 4) is 0 Å². The molecule has 5 nitrogen and oxygen atoms in total. The Morgan fingerprint density at radius 3 is 2.10 bits per heavy atom. The summed E-state index contributed by atoms with van der Waals surface area (Å²) >= 11 is 0. The van der Waals surface area contributed by atoms with Crippen LogP contribution < -0.4 is 5.73 Å². The van der Waals surface area contributed by atoms with E-state index in [4.69, 9.17) is 10.5 Å². The van der Waals surface area contributed by atoms with Crippen LogP contribution in [0, 0.1) is 0 Å². The second-order valence-corrected chi connectivity index (χ2v) is 5.81. The summed E-state index contributed by atoms with van der Waals surface area (Å²) < 4.78 is 5.16. The van der Waals surface area contributed by atoms with Crippen molar-refractivity contribution in [3.05, 3.63) is 35.9 Å². The van der Waals surface area contributed by atoms with E-state index in [2.05, 4.69) is 0 Å². The molecule has 110 valence electrons. The summed E-state index contributed by atoms with van der Waals surface area (Å²) in [7, 11) is 0. The topological polar surface area (TPSA) is 89.6 Å². The highest BCUT2D eigenvalue weighted by atomic mass is 16.6. The molecule has 0 aromatic heterocycles. The molecule has 1 aromatic carbocycles. The zero-order valence-electron chi connectivity index (χ0n) is 12.2. The largest absolute Gasteiger partial charge is 0.479 e. The molecule has 1 aromatic rings. The van der Waals surface area contributed by atoms with Crippen molar-refractivity contribution in [1.82, 2.24) is 0 Å². The van der Waals surface area contributed by atoms with Gasteiger partial charge in [-0.2, -0.15) is 0 Å². The Balaban J connectivity index is 3.16. The van der Waals surface area contributed by atoms with Crippen molar-refractivity contribution in [3.63, 3.8) is 0 Å². The number of carbonyl (C=O) groups excluding carboxylic acids is 1. The molecule has 0 unspecified atom stereocenters. The fourth-order valence-corrected chi connectivity index (χ4v) is 1.82. The smallest absolute Gasteiger partial charge is 0.339 e. The summed E-state index contributed by atoms with van der Waals surface area (Å²) in [6, 6.07) is 8.81. The van der Waals surface area contributed by atoms with Gasteiger partial charge in [0.15, 0.2) is 0 Å². The molecule has 0 spiro atoms. The number of hydrogen-bond donors (Lipinski definition) is 2. The van der Waals surface area contributed by atoms with Crippen LogP contribution >= 0.6 is 0 Å². The summed E-state index contributed by atoms with van der Waals surface area (Å²) in [6.45, 7) is 6.61. The van der Waals surface area contributed by atoms with Crippen molar-refractivity contribution in [1.29, 1.82) is 0 Å². The molecule has 0 amide bonds. The van der Waals surface area contributed by atoms with Crippen molar-refractivity contribution < 1.29 is 19.4 Å². The summed E-state index contributed by atoms with van der Waals surface area (Å²) in [5.74, 6) is -3.05. The lowest BCUT2D eigenvalue weighted by Gasteiger charge is -2.32. The number of aliphatic carboxylic acids is 1. The van der Waals surface area contributed by atoms with Crippen LogP contribution in [-0.2, 0) is 14.3 Å². The van der Waals surface area contributed by atoms with Crippen molar-refractivity contribution in [2.24, 2.45) is 5.73 Å². The van der Waals surface area contributed by atoms with Crippen LogP contribution in [0.15, 0.2) is 30.3 Å². The Bertz CT molecular complexity index is 492. The maximum atomic E-state index is 12.2. The summed E-state index contributed by atoms with van der Waals surface area (Å²) in [4.78, 5) is 23.7. The third-order valence-electron chi connectivity index (χ3n) is 3.07. The minimum Gasteiger partial charge on any atom is -0.479 e. The summed E-state index contributed by atoms with van der Waals surface area (Å²) in [5.41, 5.74) is 3.65. The zero-order chi connectivity index (χ0) is 15.6. The highest BCUT2D eigenvalue weighted by Crippen LogP contribution is 2.29. The number of carboxylic acid groups (broad SMARTS) is 1. The van der Waals surface area contributed by atoms with Gasteiger partial charge >= 0.3 is 11.9 Å². The van der Waals surface area contributed by atoms with Gasteiger partial charge in [-0.3, -0.25) is 0 Å². The zero-order valence-corrected chi connectivity index (χ0v) is 12.2. The van der Waals surface area contributed by atoms with Crippen molar-refractivity contribution in [2.75, 3.05) is 0 Å². The molecule has 0 saturated carbocycles. The molecule has 0 saturated heterocycles. The fourth-order valence-electron chi connectivity index (χ4n) is 1.82. The van der Waals surface area contributed by atoms with Gasteiger partial charge in [0, 0.05) is 5.92 Å². The molecular weight excluding hydrogens is 258 g/mol. The number of rotatable bonds is 4. The van der Waals surface area contributed by atoms with Crippen LogP contribution in [0.3, 0.4) is 0 Å². The van der Waals surface area contributed by atoms with E-state index in [1.807, 2.05) is 6.07 Å². The third kappa shape index (κ3) is 3.36. The predicted molar refractivity (Wildman–Crippen MR) is 75.3 cm³/mol. The Hall–Kier alpha value is -1.88. The van der Waals surface area contributed by atoms with E-state index in [1.165, 1.54) is 0 Å². The Morgan fingerprint density at radius 1 is 1.20 bits per heavy atom. The lowest BCUT2D eigenvalue weighted by atomic mass is 9.81. The van der Waals surface area contributed by atoms with Crippen molar-refractivity contribution in [2.45, 2.75) is 44.8 Å². The van der Waals surface area contributed by atoms with E-state index >= 15 is 0 Å². The number of carbonyl (C=O) groups is 2. The van der Waals surface area contributed by atoms with Gasteiger partial charge in [0.1, 0.15) is 5.60 Å². The summed E-state index contributed by atoms with van der Waals surface area (Å²) in [5, 5.41) is 9.41. The number of esters is 1. The molecular formula is C15H21NO4. The molecule has 5 heteroatoms. The second-order valence-electron chi connectivity index (χ2n) is 5.81. The molecule has 20 heavy (non-hydrogen) atoms. The average Bonchev–Trinajstić information content (AvgIpc) is 2.35. The minimum absolute atomic E-state index is 0.670. The van der Waals surface area contributed by atoms with Gasteiger partial charge in [-0.1, -0.05) is 37.3 Å². The Kier molecular flexibility index (Phi) is 4.55. The first kappa shape index (κ1) is 16.2. The van der Waals surface area contributed by atoms with E-state index in [1.54, 1.807) is 52.0 Å². The van der Waals surface area contributed by atoms with Gasteiger partial charge in [-0.25, -0.2) is 9.59 Å². The van der Waals surface area contributed by atoms with Crippen LogP contribution in [-0.4, -0.2) is 28.2 Å². The monoisotopic (exact) mass is 279 g/mol. The quantitative estimate of drug-likeness (QED) is 0.649. The molecule has 0 heterocycles. The lowest BCUT2D eigenvalue weighted by molar-refractivity contribution is -0.170. The number of ether oxygens (including phenoxy) is 1. The maximum absolute atomic E-state index is 12.2. The van der Waals surface area contributed by atoms with Crippen molar-refractivity contribution >= 4 is 11.9 Å². The fraction of sp³-hybridized carbons (Fsp3) is 0.467. The molecule has 0 aliphatic heterocycles. The molecule has 1 rings (SSSR count). The normalized spacial score (nSPS) is 16.1. The molecule has 0 radical (unpaired) electrons. The standard InChI is InChI=1S/C15H21NO4/c1-10(11-8-6-5-7-9-11)15(16,12(17)18)13(19)20-14(2,3)4/h5-10H,16H2,1-4H3,(H,17,18)/t10-,15+/m1/s1. The number of hydrogen-bond acceptors (Lipinski definition) is 4. The highest BCUT2D eigenvalue weighted by molar-refractivity contribution is 6.05. The molecule has 3 N–H and O–H groups in total. The van der Waals surface area contributed by atoms with E-state index < -0.39 is 29.0 Å². The third-order valence-corrected chi connectivity index (χ3v) is 3.07. The van der Waals surface area contributed by atoms with Crippen LogP contribution in [0.1, 0.15) is 39.2 Å². The number of benzene rings is 1. The van der Waals surface area contributed by atoms with E-state index in [-0.39, 0.29) is 0 Å². The van der Waals surface area contributed by atoms with Crippen LogP contribution in [0.5, 0.6) is 0 Å². The van der Waals surface area contributed by atoms with Crippen LogP contribution in [0.25, 0.3) is 0 Å². The first-order valence-electron chi connectivity index (χ1n) is 6.39. The average molecular weight is 279 g/mol. The minimum atomic E-state index is -2.12.